The summed E-state index contributed by atoms with van der Waals surface area (Å²) >= 11 is 12.9. The maximum atomic E-state index is 14.0. The monoisotopic (exact) mass is 531 g/mol. The van der Waals surface area contributed by atoms with E-state index in [0.29, 0.717) is 20.9 Å². The Morgan fingerprint density at radius 2 is 2.04 bits per heavy atom. The molecule has 1 aromatic carbocycles. The molecular weight excluding hydrogens is 516 g/mol. The van der Waals surface area contributed by atoms with E-state index in [1.807, 2.05) is 13.8 Å². The van der Waals surface area contributed by atoms with Crippen molar-refractivity contribution in [2.24, 2.45) is 0 Å². The molecule has 0 saturated carbocycles. The third-order valence-corrected chi connectivity index (χ3v) is 6.41. The van der Waals surface area contributed by atoms with Crippen molar-refractivity contribution in [1.29, 1.82) is 0 Å². The van der Waals surface area contributed by atoms with Crippen molar-refractivity contribution < 1.29 is 9.18 Å². The van der Waals surface area contributed by atoms with Crippen LogP contribution in [0.2, 0.25) is 5.02 Å². The highest BCUT2D eigenvalue weighted by Gasteiger charge is 2.22. The average molecular weight is 534 g/mol. The second kappa shape index (κ2) is 8.34. The molecule has 1 amide bonds. The van der Waals surface area contributed by atoms with Crippen molar-refractivity contribution in [3.8, 4) is 0 Å². The summed E-state index contributed by atoms with van der Waals surface area (Å²) in [7, 11) is 0. The molecule has 1 atom stereocenters. The van der Waals surface area contributed by atoms with Crippen LogP contribution in [0.1, 0.15) is 29.9 Å². The SMILES string of the molecule is Cc1nn(C(C)C(=O)Nc2nn(Cc3c(F)cccc3Cl)cc2Br)c(C)c1Br. The Labute approximate surface area is 183 Å². The summed E-state index contributed by atoms with van der Waals surface area (Å²) in [6, 6.07) is 3.97. The second-order valence-corrected chi connectivity index (χ2v) is 8.37. The molecule has 0 aliphatic carbocycles. The Hall–Kier alpha value is -1.71. The zero-order chi connectivity index (χ0) is 20.6. The van der Waals surface area contributed by atoms with Crippen LogP contribution in [0.3, 0.4) is 0 Å². The van der Waals surface area contributed by atoms with Crippen LogP contribution in [0.15, 0.2) is 33.3 Å². The van der Waals surface area contributed by atoms with Gasteiger partial charge in [-0.25, -0.2) is 4.39 Å². The van der Waals surface area contributed by atoms with Gasteiger partial charge in [0.05, 0.1) is 26.9 Å². The second-order valence-electron chi connectivity index (χ2n) is 6.32. The Kier molecular flexibility index (Phi) is 6.26. The third-order valence-electron chi connectivity index (χ3n) is 4.32. The van der Waals surface area contributed by atoms with Gasteiger partial charge in [-0.05, 0) is 64.8 Å². The summed E-state index contributed by atoms with van der Waals surface area (Å²) in [4.78, 5) is 12.7. The van der Waals surface area contributed by atoms with E-state index in [-0.39, 0.29) is 12.5 Å². The predicted octanol–water partition coefficient (Wildman–Crippen LogP) is 5.26. The number of aryl methyl sites for hydroxylation is 1. The van der Waals surface area contributed by atoms with Gasteiger partial charge in [0.1, 0.15) is 11.9 Å². The Morgan fingerprint density at radius 3 is 2.64 bits per heavy atom. The molecule has 2 heterocycles. The first-order chi connectivity index (χ1) is 13.2. The lowest BCUT2D eigenvalue weighted by Crippen LogP contribution is -2.25. The fourth-order valence-electron chi connectivity index (χ4n) is 2.76. The lowest BCUT2D eigenvalue weighted by Gasteiger charge is -2.13. The molecule has 0 fully saturated rings. The molecule has 1 N–H and O–H groups in total. The summed E-state index contributed by atoms with van der Waals surface area (Å²) in [5.41, 5.74) is 2.00. The normalized spacial score (nSPS) is 12.2. The summed E-state index contributed by atoms with van der Waals surface area (Å²) < 4.78 is 18.6. The van der Waals surface area contributed by atoms with Gasteiger partial charge in [-0.1, -0.05) is 17.7 Å². The van der Waals surface area contributed by atoms with Gasteiger partial charge < -0.3 is 5.32 Å². The molecule has 6 nitrogen and oxygen atoms in total. The first-order valence-corrected chi connectivity index (χ1v) is 10.3. The molecule has 148 valence electrons. The number of halogens is 4. The molecule has 0 radical (unpaired) electrons. The van der Waals surface area contributed by atoms with Crippen LogP contribution in [0.4, 0.5) is 10.2 Å². The van der Waals surface area contributed by atoms with Crippen LogP contribution >= 0.6 is 43.5 Å². The van der Waals surface area contributed by atoms with Crippen molar-refractivity contribution in [3.63, 3.8) is 0 Å². The van der Waals surface area contributed by atoms with E-state index in [4.69, 9.17) is 11.6 Å². The maximum Gasteiger partial charge on any atom is 0.250 e. The molecule has 3 rings (SSSR count). The highest BCUT2D eigenvalue weighted by atomic mass is 79.9. The summed E-state index contributed by atoms with van der Waals surface area (Å²) in [6.07, 6.45) is 1.66. The third kappa shape index (κ3) is 4.16. The standard InChI is InChI=1S/C18H17Br2ClFN5O/c1-9-16(20)10(2)27(24-9)11(3)18(28)23-17-13(19)8-26(25-17)7-12-14(21)5-4-6-15(12)22/h4-6,8,11H,7H2,1-3H3,(H,23,25,28). The Morgan fingerprint density at radius 1 is 1.32 bits per heavy atom. The van der Waals surface area contributed by atoms with Crippen molar-refractivity contribution in [2.75, 3.05) is 5.32 Å². The van der Waals surface area contributed by atoms with Crippen LogP contribution in [0, 0.1) is 19.7 Å². The fourth-order valence-corrected chi connectivity index (χ4v) is 3.66. The van der Waals surface area contributed by atoms with Crippen LogP contribution in [0.25, 0.3) is 0 Å². The van der Waals surface area contributed by atoms with E-state index in [1.54, 1.807) is 29.9 Å². The molecule has 3 aromatic rings. The molecule has 1 unspecified atom stereocenters. The first-order valence-electron chi connectivity index (χ1n) is 8.37. The number of carbonyl (C=O) groups excluding carboxylic acids is 1. The van der Waals surface area contributed by atoms with Crippen LogP contribution < -0.4 is 5.32 Å². The van der Waals surface area contributed by atoms with Gasteiger partial charge in [-0.3, -0.25) is 14.2 Å². The number of carbonyl (C=O) groups is 1. The number of anilines is 1. The van der Waals surface area contributed by atoms with Crippen LogP contribution in [0.5, 0.6) is 0 Å². The van der Waals surface area contributed by atoms with Crippen molar-refractivity contribution in [1.82, 2.24) is 19.6 Å². The number of rotatable bonds is 5. The lowest BCUT2D eigenvalue weighted by atomic mass is 10.2. The molecule has 10 heteroatoms. The van der Waals surface area contributed by atoms with Gasteiger partial charge in [-0.15, -0.1) is 0 Å². The maximum absolute atomic E-state index is 14.0. The quantitative estimate of drug-likeness (QED) is 0.487. The number of aromatic nitrogens is 4. The van der Waals surface area contributed by atoms with Crippen molar-refractivity contribution >= 4 is 55.2 Å². The van der Waals surface area contributed by atoms with Gasteiger partial charge in [0.2, 0.25) is 5.91 Å². The predicted molar refractivity (Wildman–Crippen MR) is 113 cm³/mol. The summed E-state index contributed by atoms with van der Waals surface area (Å²) in [6.45, 7) is 5.64. The van der Waals surface area contributed by atoms with Crippen LogP contribution in [-0.2, 0) is 11.3 Å². The number of nitrogens with zero attached hydrogens (tertiary/aromatic N) is 4. The van der Waals surface area contributed by atoms with E-state index in [9.17, 15) is 9.18 Å². The molecule has 0 bridgehead atoms. The highest BCUT2D eigenvalue weighted by molar-refractivity contribution is 9.11. The van der Waals surface area contributed by atoms with E-state index in [2.05, 4.69) is 47.4 Å². The van der Waals surface area contributed by atoms with Crippen molar-refractivity contribution in [2.45, 2.75) is 33.4 Å². The highest BCUT2D eigenvalue weighted by Crippen LogP contribution is 2.26. The van der Waals surface area contributed by atoms with Crippen molar-refractivity contribution in [3.05, 3.63) is 61.1 Å². The zero-order valence-electron chi connectivity index (χ0n) is 15.3. The number of nitrogens with one attached hydrogen (secondary N) is 1. The van der Waals surface area contributed by atoms with Gasteiger partial charge in [-0.2, -0.15) is 10.2 Å². The zero-order valence-corrected chi connectivity index (χ0v) is 19.2. The number of benzene rings is 1. The van der Waals surface area contributed by atoms with Gasteiger partial charge in [0.25, 0.3) is 0 Å². The molecule has 28 heavy (non-hydrogen) atoms. The summed E-state index contributed by atoms with van der Waals surface area (Å²) in [5, 5.41) is 11.8. The minimum absolute atomic E-state index is 0.139. The molecule has 0 saturated heterocycles. The van der Waals surface area contributed by atoms with Gasteiger partial charge in [0, 0.05) is 16.8 Å². The van der Waals surface area contributed by atoms with E-state index in [1.165, 1.54) is 10.7 Å². The molecule has 0 aliphatic heterocycles. The molecular formula is C18H17Br2ClFN5O. The molecule has 2 aromatic heterocycles. The van der Waals surface area contributed by atoms with E-state index in [0.717, 1.165) is 15.9 Å². The largest absolute Gasteiger partial charge is 0.306 e. The minimum atomic E-state index is -0.539. The number of amides is 1. The van der Waals surface area contributed by atoms with Crippen LogP contribution in [-0.4, -0.2) is 25.5 Å². The average Bonchev–Trinajstić information content (AvgIpc) is 3.11. The fraction of sp³-hybridized carbons (Fsp3) is 0.278. The number of hydrogen-bond acceptors (Lipinski definition) is 3. The Bertz CT molecular complexity index is 1030. The molecule has 0 aliphatic rings. The lowest BCUT2D eigenvalue weighted by molar-refractivity contribution is -0.119. The van der Waals surface area contributed by atoms with E-state index < -0.39 is 11.9 Å². The Balaban J connectivity index is 1.78. The topological polar surface area (TPSA) is 64.7 Å². The van der Waals surface area contributed by atoms with Gasteiger partial charge >= 0.3 is 0 Å². The molecule has 0 spiro atoms. The minimum Gasteiger partial charge on any atom is -0.306 e. The van der Waals surface area contributed by atoms with E-state index >= 15 is 0 Å². The summed E-state index contributed by atoms with van der Waals surface area (Å²) in [5.74, 6) is -0.341. The smallest absolute Gasteiger partial charge is 0.250 e. The number of hydrogen-bond donors (Lipinski definition) is 1. The first kappa shape index (κ1) is 21.0. The van der Waals surface area contributed by atoms with Gasteiger partial charge in [0.15, 0.2) is 5.82 Å².